The maximum absolute atomic E-state index is 4.45. The molecule has 3 heteroatoms. The first kappa shape index (κ1) is 7.74. The third-order valence-electron chi connectivity index (χ3n) is 2.62. The van der Waals surface area contributed by atoms with Gasteiger partial charge in [0.2, 0.25) is 0 Å². The lowest BCUT2D eigenvalue weighted by Gasteiger charge is -2.19. The van der Waals surface area contributed by atoms with E-state index in [1.807, 2.05) is 12.3 Å². The fraction of sp³-hybridized carbons (Fsp3) is 0.273. The third kappa shape index (κ3) is 1.05. The van der Waals surface area contributed by atoms with Gasteiger partial charge in [0, 0.05) is 18.3 Å². The van der Waals surface area contributed by atoms with Gasteiger partial charge in [0.25, 0.3) is 0 Å². The molecular formula is C11H11N3. The molecule has 0 bridgehead atoms. The van der Waals surface area contributed by atoms with Crippen LogP contribution in [0.2, 0.25) is 0 Å². The van der Waals surface area contributed by atoms with Gasteiger partial charge >= 0.3 is 0 Å². The predicted octanol–water partition coefficient (Wildman–Crippen LogP) is 1.34. The van der Waals surface area contributed by atoms with E-state index in [4.69, 9.17) is 0 Å². The molecule has 0 saturated heterocycles. The van der Waals surface area contributed by atoms with E-state index in [0.29, 0.717) is 6.54 Å². The molecule has 0 aromatic heterocycles. The van der Waals surface area contributed by atoms with Crippen LogP contribution in [0, 0.1) is 0 Å². The molecule has 3 nitrogen and oxygen atoms in total. The molecule has 2 aliphatic heterocycles. The number of rotatable bonds is 0. The van der Waals surface area contributed by atoms with E-state index in [0.717, 1.165) is 18.9 Å². The lowest BCUT2D eigenvalue weighted by molar-refractivity contribution is 1.02. The van der Waals surface area contributed by atoms with Crippen molar-refractivity contribution in [2.75, 3.05) is 24.5 Å². The van der Waals surface area contributed by atoms with Crippen molar-refractivity contribution in [3.63, 3.8) is 0 Å². The van der Waals surface area contributed by atoms with Crippen molar-refractivity contribution in [3.05, 3.63) is 29.8 Å². The van der Waals surface area contributed by atoms with Gasteiger partial charge in [0.1, 0.15) is 5.84 Å². The molecule has 0 radical (unpaired) electrons. The maximum atomic E-state index is 4.45. The van der Waals surface area contributed by atoms with Gasteiger partial charge in [-0.1, -0.05) is 18.2 Å². The fourth-order valence-electron chi connectivity index (χ4n) is 1.96. The van der Waals surface area contributed by atoms with E-state index in [1.54, 1.807) is 0 Å². The molecule has 0 unspecified atom stereocenters. The number of fused-ring (bicyclic) bond motifs is 3. The highest BCUT2D eigenvalue weighted by molar-refractivity contribution is 6.07. The summed E-state index contributed by atoms with van der Waals surface area (Å²) in [7, 11) is 0. The number of para-hydroxylation sites is 1. The quantitative estimate of drug-likeness (QED) is 0.599. The molecule has 0 aliphatic carbocycles. The van der Waals surface area contributed by atoms with Crippen molar-refractivity contribution < 1.29 is 0 Å². The summed E-state index contributed by atoms with van der Waals surface area (Å²) < 4.78 is 0. The van der Waals surface area contributed by atoms with Gasteiger partial charge in [-0.3, -0.25) is 9.98 Å². The molecule has 0 N–H and O–H groups in total. The number of aliphatic imine (C=N–C) groups is 2. The highest BCUT2D eigenvalue weighted by atomic mass is 15.3. The lowest BCUT2D eigenvalue weighted by atomic mass is 10.2. The SMILES string of the molecule is C1=NCC2=NCCN2c2ccccc21. The summed E-state index contributed by atoms with van der Waals surface area (Å²) >= 11 is 0. The lowest BCUT2D eigenvalue weighted by Crippen LogP contribution is -2.28. The smallest absolute Gasteiger partial charge is 0.125 e. The Balaban J connectivity index is 2.16. The molecule has 2 aliphatic rings. The van der Waals surface area contributed by atoms with E-state index in [2.05, 4.69) is 33.1 Å². The van der Waals surface area contributed by atoms with Crippen LogP contribution in [0.3, 0.4) is 0 Å². The molecule has 2 heterocycles. The van der Waals surface area contributed by atoms with Crippen LogP contribution in [0.5, 0.6) is 0 Å². The molecule has 1 aromatic rings. The van der Waals surface area contributed by atoms with Gasteiger partial charge in [-0.05, 0) is 6.07 Å². The molecule has 0 fully saturated rings. The Morgan fingerprint density at radius 2 is 2.14 bits per heavy atom. The number of amidine groups is 1. The standard InChI is InChI=1S/C11H11N3/c1-2-4-10-9(3-1)7-12-8-11-13-5-6-14(10)11/h1-4,7H,5-6,8H2. The second-order valence-electron chi connectivity index (χ2n) is 3.48. The summed E-state index contributed by atoms with van der Waals surface area (Å²) in [5, 5.41) is 0. The minimum absolute atomic E-state index is 0.717. The van der Waals surface area contributed by atoms with E-state index in [-0.39, 0.29) is 0 Å². The summed E-state index contributed by atoms with van der Waals surface area (Å²) in [6.45, 7) is 2.61. The molecule has 0 spiro atoms. The van der Waals surface area contributed by atoms with Gasteiger partial charge in [-0.25, -0.2) is 0 Å². The minimum Gasteiger partial charge on any atom is -0.326 e. The third-order valence-corrected chi connectivity index (χ3v) is 2.62. The topological polar surface area (TPSA) is 28.0 Å². The van der Waals surface area contributed by atoms with Crippen LogP contribution in [0.4, 0.5) is 5.69 Å². The maximum Gasteiger partial charge on any atom is 0.125 e. The fourth-order valence-corrected chi connectivity index (χ4v) is 1.96. The molecule has 3 rings (SSSR count). The van der Waals surface area contributed by atoms with Crippen LogP contribution in [-0.2, 0) is 0 Å². The van der Waals surface area contributed by atoms with E-state index >= 15 is 0 Å². The predicted molar refractivity (Wildman–Crippen MR) is 58.6 cm³/mol. The van der Waals surface area contributed by atoms with Gasteiger partial charge in [-0.2, -0.15) is 0 Å². The Kier molecular flexibility index (Phi) is 1.63. The van der Waals surface area contributed by atoms with Gasteiger partial charge < -0.3 is 4.90 Å². The monoisotopic (exact) mass is 185 g/mol. The van der Waals surface area contributed by atoms with Crippen molar-refractivity contribution in [2.24, 2.45) is 9.98 Å². The Morgan fingerprint density at radius 3 is 3.14 bits per heavy atom. The number of benzene rings is 1. The van der Waals surface area contributed by atoms with Crippen molar-refractivity contribution in [1.82, 2.24) is 0 Å². The average Bonchev–Trinajstić information content (AvgIpc) is 2.61. The molecular weight excluding hydrogens is 174 g/mol. The number of nitrogens with zero attached hydrogens (tertiary/aromatic N) is 3. The van der Waals surface area contributed by atoms with Crippen molar-refractivity contribution in [3.8, 4) is 0 Å². The molecule has 1 aromatic carbocycles. The molecule has 0 atom stereocenters. The first-order valence-corrected chi connectivity index (χ1v) is 4.85. The Hall–Kier alpha value is -1.64. The van der Waals surface area contributed by atoms with Gasteiger partial charge in [0.05, 0.1) is 18.8 Å². The highest BCUT2D eigenvalue weighted by Crippen LogP contribution is 2.23. The Labute approximate surface area is 82.8 Å². The zero-order chi connectivity index (χ0) is 9.38. The zero-order valence-electron chi connectivity index (χ0n) is 7.85. The van der Waals surface area contributed by atoms with Crippen LogP contribution in [0.1, 0.15) is 5.56 Å². The zero-order valence-corrected chi connectivity index (χ0v) is 7.85. The first-order chi connectivity index (χ1) is 6.95. The number of anilines is 1. The molecule has 70 valence electrons. The number of hydrogen-bond acceptors (Lipinski definition) is 3. The molecule has 0 saturated carbocycles. The second-order valence-corrected chi connectivity index (χ2v) is 3.48. The average molecular weight is 185 g/mol. The van der Waals surface area contributed by atoms with E-state index < -0.39 is 0 Å². The largest absolute Gasteiger partial charge is 0.326 e. The molecule has 0 amide bonds. The minimum atomic E-state index is 0.717. The van der Waals surface area contributed by atoms with Crippen LogP contribution in [0.15, 0.2) is 34.3 Å². The van der Waals surface area contributed by atoms with Crippen molar-refractivity contribution in [1.29, 1.82) is 0 Å². The molecule has 14 heavy (non-hydrogen) atoms. The van der Waals surface area contributed by atoms with Crippen LogP contribution < -0.4 is 4.90 Å². The first-order valence-electron chi connectivity index (χ1n) is 4.85. The Morgan fingerprint density at radius 1 is 1.21 bits per heavy atom. The van der Waals surface area contributed by atoms with Crippen LogP contribution >= 0.6 is 0 Å². The highest BCUT2D eigenvalue weighted by Gasteiger charge is 2.21. The normalized spacial score (nSPS) is 18.6. The van der Waals surface area contributed by atoms with Crippen molar-refractivity contribution in [2.45, 2.75) is 0 Å². The number of hydrogen-bond donors (Lipinski definition) is 0. The van der Waals surface area contributed by atoms with Gasteiger partial charge in [0.15, 0.2) is 0 Å². The van der Waals surface area contributed by atoms with E-state index in [1.165, 1.54) is 11.3 Å². The van der Waals surface area contributed by atoms with Crippen LogP contribution in [0.25, 0.3) is 0 Å². The summed E-state index contributed by atoms with van der Waals surface area (Å²) in [5.74, 6) is 1.10. The Bertz CT molecular complexity index is 420. The second kappa shape index (κ2) is 2.94. The van der Waals surface area contributed by atoms with Crippen LogP contribution in [-0.4, -0.2) is 31.7 Å². The summed E-state index contributed by atoms with van der Waals surface area (Å²) in [4.78, 5) is 11.1. The van der Waals surface area contributed by atoms with E-state index in [9.17, 15) is 0 Å². The van der Waals surface area contributed by atoms with Crippen molar-refractivity contribution >= 4 is 17.7 Å². The van der Waals surface area contributed by atoms with Gasteiger partial charge in [-0.15, -0.1) is 0 Å². The summed E-state index contributed by atoms with van der Waals surface area (Å²) in [6.07, 6.45) is 1.94. The summed E-state index contributed by atoms with van der Waals surface area (Å²) in [5.41, 5.74) is 2.43. The summed E-state index contributed by atoms with van der Waals surface area (Å²) in [6, 6.07) is 8.34.